The third-order valence-electron chi connectivity index (χ3n) is 10.5. The van der Waals surface area contributed by atoms with Crippen LogP contribution in [0.15, 0.2) is 158 Å². The first-order valence-corrected chi connectivity index (χ1v) is 21.7. The van der Waals surface area contributed by atoms with E-state index in [9.17, 15) is 28.8 Å². The highest BCUT2D eigenvalue weighted by Crippen LogP contribution is 2.37. The molecule has 0 aliphatic carbocycles. The molecule has 0 aliphatic rings. The molecule has 0 aliphatic heterocycles. The lowest BCUT2D eigenvalue weighted by molar-refractivity contribution is -0.137. The summed E-state index contributed by atoms with van der Waals surface area (Å²) in [6.45, 7) is 5.56. The van der Waals surface area contributed by atoms with Gasteiger partial charge >= 0.3 is 12.1 Å². The van der Waals surface area contributed by atoms with Crippen LogP contribution in [0.2, 0.25) is 0 Å². The van der Waals surface area contributed by atoms with Crippen LogP contribution >= 0.6 is 0 Å². The van der Waals surface area contributed by atoms with Crippen LogP contribution in [0, 0.1) is 5.92 Å². The van der Waals surface area contributed by atoms with Gasteiger partial charge in [0.05, 0.1) is 6.61 Å². The molecule has 338 valence electrons. The molecule has 5 rings (SSSR count). The molecule has 0 unspecified atom stereocenters. The summed E-state index contributed by atoms with van der Waals surface area (Å²) in [4.78, 5) is 80.2. The van der Waals surface area contributed by atoms with Gasteiger partial charge in [-0.1, -0.05) is 153 Å². The number of esters is 1. The van der Waals surface area contributed by atoms with Gasteiger partial charge in [0.15, 0.2) is 0 Å². The molecule has 65 heavy (non-hydrogen) atoms. The van der Waals surface area contributed by atoms with E-state index in [1.807, 2.05) is 123 Å². The van der Waals surface area contributed by atoms with Crippen LogP contribution in [-0.4, -0.2) is 60.4 Å². The molecule has 0 radical (unpaired) electrons. The van der Waals surface area contributed by atoms with Crippen molar-refractivity contribution in [2.45, 2.75) is 76.7 Å². The second-order valence-electron chi connectivity index (χ2n) is 15.9. The number of hydrogen-bond acceptors (Lipinski definition) is 8. The zero-order valence-electron chi connectivity index (χ0n) is 36.9. The maximum Gasteiger partial charge on any atom is 0.408 e. The highest BCUT2D eigenvalue weighted by atomic mass is 16.5. The number of ether oxygens (including phenoxy) is 2. The van der Waals surface area contributed by atoms with E-state index in [2.05, 4.69) is 21.3 Å². The van der Waals surface area contributed by atoms with E-state index in [1.54, 1.807) is 31.2 Å². The Labute approximate surface area is 380 Å². The Morgan fingerprint density at radius 3 is 1.66 bits per heavy atom. The zero-order chi connectivity index (χ0) is 46.6. The van der Waals surface area contributed by atoms with Gasteiger partial charge in [-0.25, -0.2) is 9.59 Å². The lowest BCUT2D eigenvalue weighted by Crippen LogP contribution is -2.55. The predicted molar refractivity (Wildman–Crippen MR) is 248 cm³/mol. The quantitative estimate of drug-likeness (QED) is 0.0290. The number of nitrogens with one attached hydrogen (secondary N) is 4. The Balaban J connectivity index is 1.41. The van der Waals surface area contributed by atoms with Crippen molar-refractivity contribution in [2.24, 2.45) is 11.7 Å². The number of alkyl carbamates (subject to hydrolysis) is 1. The van der Waals surface area contributed by atoms with E-state index in [-0.39, 0.29) is 56.3 Å². The summed E-state index contributed by atoms with van der Waals surface area (Å²) >= 11 is 0. The first-order chi connectivity index (χ1) is 31.4. The van der Waals surface area contributed by atoms with Crippen LogP contribution in [-0.2, 0) is 47.2 Å². The number of carbonyl (C=O) groups excluding carboxylic acids is 6. The van der Waals surface area contributed by atoms with Crippen LogP contribution in [0.4, 0.5) is 4.79 Å². The van der Waals surface area contributed by atoms with Crippen molar-refractivity contribution in [2.75, 3.05) is 6.61 Å². The lowest BCUT2D eigenvalue weighted by atomic mass is 9.77. The van der Waals surface area contributed by atoms with E-state index >= 15 is 0 Å². The lowest BCUT2D eigenvalue weighted by Gasteiger charge is -2.37. The highest BCUT2D eigenvalue weighted by molar-refractivity contribution is 5.93. The van der Waals surface area contributed by atoms with Crippen molar-refractivity contribution in [3.63, 3.8) is 0 Å². The fourth-order valence-electron chi connectivity index (χ4n) is 7.36. The summed E-state index contributed by atoms with van der Waals surface area (Å²) in [5, 5.41) is 11.7. The minimum absolute atomic E-state index is 0.0144. The Bertz CT molecular complexity index is 2260. The fraction of sp³-hybridized carbons (Fsp3) is 0.269. The van der Waals surface area contributed by atoms with E-state index < -0.39 is 53.4 Å². The monoisotopic (exact) mass is 879 g/mol. The predicted octanol–water partition coefficient (Wildman–Crippen LogP) is 6.65. The fourth-order valence-corrected chi connectivity index (χ4v) is 7.36. The average molecular weight is 880 g/mol. The number of primary amides is 1. The average Bonchev–Trinajstić information content (AvgIpc) is 3.31. The topological polar surface area (TPSA) is 195 Å². The maximum absolute atomic E-state index is 14.4. The largest absolute Gasteiger partial charge is 0.463 e. The Morgan fingerprint density at radius 2 is 1.15 bits per heavy atom. The summed E-state index contributed by atoms with van der Waals surface area (Å²) in [6, 6.07) is 41.1. The molecule has 0 spiro atoms. The molecule has 5 amide bonds. The number of carbonyl (C=O) groups is 6. The van der Waals surface area contributed by atoms with Gasteiger partial charge in [-0.3, -0.25) is 19.2 Å². The normalized spacial score (nSPS) is 12.6. The third kappa shape index (κ3) is 14.5. The van der Waals surface area contributed by atoms with Crippen LogP contribution in [0.25, 0.3) is 0 Å². The van der Waals surface area contributed by atoms with Crippen LogP contribution in [0.3, 0.4) is 0 Å². The van der Waals surface area contributed by atoms with Crippen molar-refractivity contribution in [1.29, 1.82) is 0 Å². The minimum Gasteiger partial charge on any atom is -0.463 e. The molecule has 0 bridgehead atoms. The Kier molecular flexibility index (Phi) is 18.2. The number of rotatable bonds is 22. The van der Waals surface area contributed by atoms with Crippen LogP contribution in [0.1, 0.15) is 78.2 Å². The zero-order valence-corrected chi connectivity index (χ0v) is 36.9. The number of amides is 5. The molecule has 0 heterocycles. The van der Waals surface area contributed by atoms with Crippen molar-refractivity contribution < 1.29 is 38.2 Å². The molecule has 5 aromatic carbocycles. The van der Waals surface area contributed by atoms with E-state index in [0.29, 0.717) is 5.56 Å². The summed E-state index contributed by atoms with van der Waals surface area (Å²) in [7, 11) is 0. The van der Waals surface area contributed by atoms with Gasteiger partial charge in [0.25, 0.3) is 0 Å². The van der Waals surface area contributed by atoms with E-state index in [0.717, 1.165) is 22.3 Å². The summed E-state index contributed by atoms with van der Waals surface area (Å²) in [5.41, 5.74) is 8.47. The van der Waals surface area contributed by atoms with Crippen molar-refractivity contribution >= 4 is 35.7 Å². The molecule has 6 N–H and O–H groups in total. The van der Waals surface area contributed by atoms with Gasteiger partial charge < -0.3 is 36.5 Å². The first kappa shape index (κ1) is 48.5. The summed E-state index contributed by atoms with van der Waals surface area (Å²) in [5.74, 6) is -2.93. The minimum atomic E-state index is -1.23. The first-order valence-electron chi connectivity index (χ1n) is 21.7. The molecule has 3 atom stereocenters. The van der Waals surface area contributed by atoms with Gasteiger partial charge in [-0.2, -0.15) is 0 Å². The van der Waals surface area contributed by atoms with Gasteiger partial charge in [0.1, 0.15) is 24.2 Å². The molecule has 0 fully saturated rings. The summed E-state index contributed by atoms with van der Waals surface area (Å²) in [6.07, 6.45) is 1.97. The standard InChI is InChI=1S/C52H57N5O8/c1-4-64-47(59)32-30-43(29-31-46(58)57-52(40-19-11-6-12-20-40,41-21-13-7-14-22-41)42-23-15-8-16-24-42)54-49(61)45(34-37-25-27-39(28-26-37)48(53)60)55-50(62)44(33-36(2)3)56-51(63)65-35-38-17-9-5-10-18-38/h5-28,30,32,36,43-45H,4,29,31,33-35H2,1-3H3,(H2,53,60)(H,54,61)(H,55,62)(H,56,63)(H,57,58)/b32-30+/t43-,44-,45-/m0/s1. The molecule has 13 nitrogen and oxygen atoms in total. The van der Waals surface area contributed by atoms with Crippen LogP contribution < -0.4 is 27.0 Å². The number of benzene rings is 5. The third-order valence-corrected chi connectivity index (χ3v) is 10.5. The smallest absolute Gasteiger partial charge is 0.408 e. The molecule has 0 saturated carbocycles. The molecule has 0 saturated heterocycles. The Hall–Kier alpha value is -7.54. The second-order valence-corrected chi connectivity index (χ2v) is 15.9. The van der Waals surface area contributed by atoms with E-state index in [1.165, 1.54) is 24.3 Å². The molecule has 13 heteroatoms. The molecule has 0 aromatic heterocycles. The van der Waals surface area contributed by atoms with E-state index in [4.69, 9.17) is 15.2 Å². The molecular formula is C52H57N5O8. The van der Waals surface area contributed by atoms with Gasteiger partial charge in [-0.05, 0) is 65.6 Å². The Morgan fingerprint density at radius 1 is 0.631 bits per heavy atom. The molecular weight excluding hydrogens is 823 g/mol. The number of nitrogens with two attached hydrogens (primary N) is 1. The van der Waals surface area contributed by atoms with Crippen LogP contribution in [0.5, 0.6) is 0 Å². The van der Waals surface area contributed by atoms with Gasteiger partial charge in [0.2, 0.25) is 23.6 Å². The number of hydrogen-bond donors (Lipinski definition) is 5. The highest BCUT2D eigenvalue weighted by Gasteiger charge is 2.38. The summed E-state index contributed by atoms with van der Waals surface area (Å²) < 4.78 is 10.5. The second kappa shape index (κ2) is 24.3. The maximum atomic E-state index is 14.4. The van der Waals surface area contributed by atoms with Gasteiger partial charge in [0, 0.05) is 30.5 Å². The van der Waals surface area contributed by atoms with Gasteiger partial charge in [-0.15, -0.1) is 0 Å². The molecule has 5 aromatic rings. The SMILES string of the molecule is CCOC(=O)/C=C/[C@H](CCC(=O)NC(c1ccccc1)(c1ccccc1)c1ccccc1)NC(=O)[C@H](Cc1ccc(C(N)=O)cc1)NC(=O)[C@H](CC(C)C)NC(=O)OCc1ccccc1. The van der Waals surface area contributed by atoms with Crippen molar-refractivity contribution in [3.8, 4) is 0 Å². The van der Waals surface area contributed by atoms with Crippen molar-refractivity contribution in [1.82, 2.24) is 21.3 Å². The van der Waals surface area contributed by atoms with Crippen molar-refractivity contribution in [3.05, 3.63) is 191 Å².